The summed E-state index contributed by atoms with van der Waals surface area (Å²) >= 11 is 0. The number of hydrogen-bond acceptors (Lipinski definition) is 5. The molecule has 102 valence electrons. The fourth-order valence-electron chi connectivity index (χ4n) is 1.59. The quantitative estimate of drug-likeness (QED) is 0.775. The van der Waals surface area contributed by atoms with Crippen LogP contribution in [-0.4, -0.2) is 43.2 Å². The second-order valence-corrected chi connectivity index (χ2v) is 4.46. The van der Waals surface area contributed by atoms with Gasteiger partial charge in [-0.15, -0.1) is 0 Å². The highest BCUT2D eigenvalue weighted by Crippen LogP contribution is 2.19. The van der Waals surface area contributed by atoms with Crippen LogP contribution < -0.4 is 15.8 Å². The fourth-order valence-corrected chi connectivity index (χ4v) is 1.59. The second-order valence-electron chi connectivity index (χ2n) is 4.46. The predicted octanol–water partition coefficient (Wildman–Crippen LogP) is 1.81. The SMILES string of the molecule is CCC(C)N(C)CCNc1nc(OC)ccc1N. The van der Waals surface area contributed by atoms with Gasteiger partial charge in [-0.05, 0) is 26.5 Å². The Bertz CT molecular complexity index is 370. The van der Waals surface area contributed by atoms with Crippen LogP contribution >= 0.6 is 0 Å². The normalized spacial score (nSPS) is 12.5. The number of hydrogen-bond donors (Lipinski definition) is 2. The van der Waals surface area contributed by atoms with E-state index in [-0.39, 0.29) is 0 Å². The molecular weight excluding hydrogens is 228 g/mol. The largest absolute Gasteiger partial charge is 0.481 e. The summed E-state index contributed by atoms with van der Waals surface area (Å²) in [7, 11) is 3.72. The monoisotopic (exact) mass is 252 g/mol. The third kappa shape index (κ3) is 4.07. The van der Waals surface area contributed by atoms with Crippen molar-refractivity contribution in [1.82, 2.24) is 9.88 Å². The number of anilines is 2. The molecule has 18 heavy (non-hydrogen) atoms. The molecule has 1 aromatic heterocycles. The second kappa shape index (κ2) is 7.06. The molecule has 1 aromatic rings. The summed E-state index contributed by atoms with van der Waals surface area (Å²) in [5, 5.41) is 3.24. The summed E-state index contributed by atoms with van der Waals surface area (Å²) in [4.78, 5) is 6.58. The number of nitrogen functional groups attached to an aromatic ring is 1. The third-order valence-electron chi connectivity index (χ3n) is 3.21. The van der Waals surface area contributed by atoms with E-state index in [1.165, 1.54) is 0 Å². The molecule has 0 radical (unpaired) electrons. The Morgan fingerprint density at radius 2 is 2.22 bits per heavy atom. The molecule has 1 rings (SSSR count). The lowest BCUT2D eigenvalue weighted by atomic mass is 10.2. The first-order valence-electron chi connectivity index (χ1n) is 6.33. The maximum atomic E-state index is 5.85. The first-order valence-corrected chi connectivity index (χ1v) is 6.33. The van der Waals surface area contributed by atoms with Gasteiger partial charge >= 0.3 is 0 Å². The van der Waals surface area contributed by atoms with E-state index in [0.717, 1.165) is 19.5 Å². The van der Waals surface area contributed by atoms with Crippen LogP contribution in [0.4, 0.5) is 11.5 Å². The van der Waals surface area contributed by atoms with E-state index in [1.54, 1.807) is 19.2 Å². The number of nitrogens with zero attached hydrogens (tertiary/aromatic N) is 2. The topological polar surface area (TPSA) is 63.4 Å². The van der Waals surface area contributed by atoms with Gasteiger partial charge in [-0.25, -0.2) is 0 Å². The zero-order chi connectivity index (χ0) is 13.5. The molecule has 5 heteroatoms. The molecule has 0 bridgehead atoms. The minimum Gasteiger partial charge on any atom is -0.481 e. The van der Waals surface area contributed by atoms with Crippen molar-refractivity contribution >= 4 is 11.5 Å². The number of aromatic nitrogens is 1. The van der Waals surface area contributed by atoms with E-state index < -0.39 is 0 Å². The number of nitrogens with one attached hydrogen (secondary N) is 1. The lowest BCUT2D eigenvalue weighted by molar-refractivity contribution is 0.261. The van der Waals surface area contributed by atoms with Crippen LogP contribution in [0, 0.1) is 0 Å². The van der Waals surface area contributed by atoms with Gasteiger partial charge in [0.25, 0.3) is 0 Å². The molecule has 0 spiro atoms. The molecule has 1 unspecified atom stereocenters. The van der Waals surface area contributed by atoms with Gasteiger partial charge in [-0.2, -0.15) is 4.98 Å². The molecule has 0 fully saturated rings. The minimum absolute atomic E-state index is 0.571. The average Bonchev–Trinajstić information content (AvgIpc) is 2.39. The first-order chi connectivity index (χ1) is 8.58. The van der Waals surface area contributed by atoms with Crippen LogP contribution in [0.15, 0.2) is 12.1 Å². The Morgan fingerprint density at radius 3 is 2.83 bits per heavy atom. The van der Waals surface area contributed by atoms with E-state index >= 15 is 0 Å². The van der Waals surface area contributed by atoms with Crippen LogP contribution in [0.25, 0.3) is 0 Å². The molecule has 5 nitrogen and oxygen atoms in total. The number of nitrogens with two attached hydrogens (primary N) is 1. The summed E-state index contributed by atoms with van der Waals surface area (Å²) in [5.74, 6) is 1.26. The van der Waals surface area contributed by atoms with Crippen molar-refractivity contribution in [3.05, 3.63) is 12.1 Å². The van der Waals surface area contributed by atoms with Gasteiger partial charge < -0.3 is 20.7 Å². The van der Waals surface area contributed by atoms with Crippen LogP contribution in [0.2, 0.25) is 0 Å². The van der Waals surface area contributed by atoms with E-state index in [9.17, 15) is 0 Å². The van der Waals surface area contributed by atoms with Crippen molar-refractivity contribution in [2.24, 2.45) is 0 Å². The first kappa shape index (κ1) is 14.6. The molecule has 0 aliphatic rings. The Hall–Kier alpha value is -1.49. The summed E-state index contributed by atoms with van der Waals surface area (Å²) in [6.07, 6.45) is 1.15. The third-order valence-corrected chi connectivity index (χ3v) is 3.21. The highest BCUT2D eigenvalue weighted by Gasteiger charge is 2.07. The zero-order valence-electron chi connectivity index (χ0n) is 11.7. The fraction of sp³-hybridized carbons (Fsp3) is 0.615. The molecule has 0 amide bonds. The molecule has 0 saturated carbocycles. The Balaban J connectivity index is 2.48. The summed E-state index contributed by atoms with van der Waals surface area (Å²) in [6.45, 7) is 6.17. The highest BCUT2D eigenvalue weighted by atomic mass is 16.5. The molecule has 0 saturated heterocycles. The molecule has 0 aliphatic carbocycles. The number of ether oxygens (including phenoxy) is 1. The lowest BCUT2D eigenvalue weighted by Gasteiger charge is -2.23. The highest BCUT2D eigenvalue weighted by molar-refractivity contribution is 5.61. The Kier molecular flexibility index (Phi) is 5.71. The molecular formula is C13H24N4O. The van der Waals surface area contributed by atoms with E-state index in [4.69, 9.17) is 10.5 Å². The van der Waals surface area contributed by atoms with Crippen molar-refractivity contribution in [3.63, 3.8) is 0 Å². The number of rotatable bonds is 7. The maximum absolute atomic E-state index is 5.85. The van der Waals surface area contributed by atoms with Gasteiger partial charge in [0.1, 0.15) is 0 Å². The Labute approximate surface area is 109 Å². The van der Waals surface area contributed by atoms with Gasteiger partial charge in [0.05, 0.1) is 12.8 Å². The van der Waals surface area contributed by atoms with Crippen LogP contribution in [0.1, 0.15) is 20.3 Å². The Morgan fingerprint density at radius 1 is 1.50 bits per heavy atom. The molecule has 0 aromatic carbocycles. The maximum Gasteiger partial charge on any atom is 0.215 e. The van der Waals surface area contributed by atoms with Gasteiger partial charge in [0.15, 0.2) is 5.82 Å². The molecule has 3 N–H and O–H groups in total. The summed E-state index contributed by atoms with van der Waals surface area (Å²) < 4.78 is 5.08. The van der Waals surface area contributed by atoms with Crippen molar-refractivity contribution in [3.8, 4) is 5.88 Å². The van der Waals surface area contributed by atoms with Gasteiger partial charge in [-0.3, -0.25) is 0 Å². The van der Waals surface area contributed by atoms with Crippen molar-refractivity contribution < 1.29 is 4.74 Å². The van der Waals surface area contributed by atoms with Crippen LogP contribution in [0.5, 0.6) is 5.88 Å². The standard InChI is InChI=1S/C13H24N4O/c1-5-10(2)17(3)9-8-15-13-11(14)6-7-12(16-13)18-4/h6-7,10H,5,8-9,14H2,1-4H3,(H,15,16). The minimum atomic E-state index is 0.571. The summed E-state index contributed by atoms with van der Waals surface area (Å²) in [5.41, 5.74) is 6.49. The molecule has 1 atom stereocenters. The van der Waals surface area contributed by atoms with Gasteiger partial charge in [0.2, 0.25) is 5.88 Å². The predicted molar refractivity (Wildman–Crippen MR) is 76.1 cm³/mol. The van der Waals surface area contributed by atoms with Crippen molar-refractivity contribution in [1.29, 1.82) is 0 Å². The van der Waals surface area contributed by atoms with Crippen LogP contribution in [0.3, 0.4) is 0 Å². The van der Waals surface area contributed by atoms with Crippen molar-refractivity contribution in [2.75, 3.05) is 38.3 Å². The summed E-state index contributed by atoms with van der Waals surface area (Å²) in [6, 6.07) is 4.14. The molecule has 0 aliphatic heterocycles. The number of methoxy groups -OCH3 is 1. The smallest absolute Gasteiger partial charge is 0.215 e. The number of pyridine rings is 1. The van der Waals surface area contributed by atoms with Gasteiger partial charge in [0, 0.05) is 25.2 Å². The molecule has 1 heterocycles. The van der Waals surface area contributed by atoms with Gasteiger partial charge in [-0.1, -0.05) is 6.92 Å². The van der Waals surface area contributed by atoms with Crippen LogP contribution in [-0.2, 0) is 0 Å². The number of likely N-dealkylation sites (N-methyl/N-ethyl adjacent to an activating group) is 1. The average molecular weight is 252 g/mol. The lowest BCUT2D eigenvalue weighted by Crippen LogP contribution is -2.32. The van der Waals surface area contributed by atoms with E-state index in [0.29, 0.717) is 23.4 Å². The van der Waals surface area contributed by atoms with E-state index in [2.05, 4.69) is 36.1 Å². The zero-order valence-corrected chi connectivity index (χ0v) is 11.7. The van der Waals surface area contributed by atoms with E-state index in [1.807, 2.05) is 0 Å². The van der Waals surface area contributed by atoms with Crippen molar-refractivity contribution in [2.45, 2.75) is 26.3 Å².